The van der Waals surface area contributed by atoms with Crippen LogP contribution in [0.3, 0.4) is 0 Å². The van der Waals surface area contributed by atoms with Gasteiger partial charge in [-0.25, -0.2) is 4.39 Å². The Morgan fingerprint density at radius 1 is 1.31 bits per heavy atom. The summed E-state index contributed by atoms with van der Waals surface area (Å²) in [6.07, 6.45) is 2.99. The van der Waals surface area contributed by atoms with Crippen molar-refractivity contribution in [3.63, 3.8) is 0 Å². The maximum atomic E-state index is 12.9. The van der Waals surface area contributed by atoms with Crippen LogP contribution < -0.4 is 0 Å². The molecule has 0 aliphatic heterocycles. The number of hydrogen-bond donors (Lipinski definition) is 0. The highest BCUT2D eigenvalue weighted by atomic mass is 19.1. The van der Waals surface area contributed by atoms with E-state index in [1.54, 1.807) is 6.07 Å². The maximum Gasteiger partial charge on any atom is 0.133 e. The molecule has 0 amide bonds. The Kier molecular flexibility index (Phi) is 3.67. The number of halogens is 1. The first kappa shape index (κ1) is 11.3. The van der Waals surface area contributed by atoms with Crippen LogP contribution in [0.25, 0.3) is 0 Å². The zero-order chi connectivity index (χ0) is 11.4. The molecule has 2 rings (SSSR count). The number of ether oxygens (including phenoxy) is 1. The lowest BCUT2D eigenvalue weighted by atomic mass is 9.96. The molecule has 1 aliphatic carbocycles. The van der Waals surface area contributed by atoms with Crippen molar-refractivity contribution >= 4 is 5.78 Å². The fourth-order valence-electron chi connectivity index (χ4n) is 1.92. The first-order chi connectivity index (χ1) is 7.74. The number of carbonyl (C=O) groups is 1. The monoisotopic (exact) mass is 222 g/mol. The molecule has 1 aromatic rings. The predicted molar refractivity (Wildman–Crippen MR) is 58.5 cm³/mol. The Bertz CT molecular complexity index is 366. The molecule has 0 aromatic heterocycles. The standard InChI is InChI=1S/C13H15FO2/c14-11-3-1-2-10(8-11)9-16-13-6-4-12(15)5-7-13/h1-3,8,13H,4-7,9H2. The lowest BCUT2D eigenvalue weighted by molar-refractivity contribution is -0.123. The molecule has 1 aromatic carbocycles. The van der Waals surface area contributed by atoms with Gasteiger partial charge in [0.15, 0.2) is 0 Å². The van der Waals surface area contributed by atoms with Crippen molar-refractivity contribution in [2.24, 2.45) is 0 Å². The van der Waals surface area contributed by atoms with Crippen LogP contribution in [0.2, 0.25) is 0 Å². The third-order valence-corrected chi connectivity index (χ3v) is 2.87. The third kappa shape index (κ3) is 3.14. The van der Waals surface area contributed by atoms with Crippen molar-refractivity contribution in [3.05, 3.63) is 35.6 Å². The minimum Gasteiger partial charge on any atom is -0.374 e. The Hall–Kier alpha value is -1.22. The van der Waals surface area contributed by atoms with Gasteiger partial charge in [0.05, 0.1) is 12.7 Å². The second-order valence-corrected chi connectivity index (χ2v) is 4.18. The van der Waals surface area contributed by atoms with Crippen molar-refractivity contribution in [2.45, 2.75) is 38.4 Å². The van der Waals surface area contributed by atoms with Crippen molar-refractivity contribution < 1.29 is 13.9 Å². The van der Waals surface area contributed by atoms with Gasteiger partial charge in [0.2, 0.25) is 0 Å². The molecule has 86 valence electrons. The van der Waals surface area contributed by atoms with E-state index in [4.69, 9.17) is 4.74 Å². The van der Waals surface area contributed by atoms with Gasteiger partial charge in [0.1, 0.15) is 11.6 Å². The average Bonchev–Trinajstić information content (AvgIpc) is 2.28. The molecule has 3 heteroatoms. The summed E-state index contributed by atoms with van der Waals surface area (Å²) in [6, 6.07) is 6.42. The van der Waals surface area contributed by atoms with Crippen LogP contribution in [-0.4, -0.2) is 11.9 Å². The molecule has 0 N–H and O–H groups in total. The lowest BCUT2D eigenvalue weighted by Crippen LogP contribution is -2.21. The van der Waals surface area contributed by atoms with E-state index in [1.807, 2.05) is 6.07 Å². The highest BCUT2D eigenvalue weighted by molar-refractivity contribution is 5.79. The lowest BCUT2D eigenvalue weighted by Gasteiger charge is -2.21. The van der Waals surface area contributed by atoms with E-state index in [1.165, 1.54) is 12.1 Å². The summed E-state index contributed by atoms with van der Waals surface area (Å²) >= 11 is 0. The molecule has 0 bridgehead atoms. The number of hydrogen-bond acceptors (Lipinski definition) is 2. The summed E-state index contributed by atoms with van der Waals surface area (Å²) in [6.45, 7) is 0.427. The van der Waals surface area contributed by atoms with Gasteiger partial charge in [-0.15, -0.1) is 0 Å². The van der Waals surface area contributed by atoms with Gasteiger partial charge >= 0.3 is 0 Å². The van der Waals surface area contributed by atoms with E-state index in [0.717, 1.165) is 18.4 Å². The minimum atomic E-state index is -0.236. The average molecular weight is 222 g/mol. The van der Waals surface area contributed by atoms with Crippen LogP contribution in [0, 0.1) is 5.82 Å². The number of carbonyl (C=O) groups excluding carboxylic acids is 1. The van der Waals surface area contributed by atoms with Crippen LogP contribution in [0.5, 0.6) is 0 Å². The zero-order valence-corrected chi connectivity index (χ0v) is 9.12. The number of ketones is 1. The SMILES string of the molecule is O=C1CCC(OCc2cccc(F)c2)CC1. The van der Waals surface area contributed by atoms with Crippen molar-refractivity contribution in [1.29, 1.82) is 0 Å². The van der Waals surface area contributed by atoms with Gasteiger partial charge in [-0.1, -0.05) is 12.1 Å². The molecule has 2 nitrogen and oxygen atoms in total. The topological polar surface area (TPSA) is 26.3 Å². The second kappa shape index (κ2) is 5.21. The van der Waals surface area contributed by atoms with Gasteiger partial charge in [-0.2, -0.15) is 0 Å². The van der Waals surface area contributed by atoms with Gasteiger partial charge in [0.25, 0.3) is 0 Å². The van der Waals surface area contributed by atoms with Crippen molar-refractivity contribution in [1.82, 2.24) is 0 Å². The molecule has 1 fully saturated rings. The molecule has 0 heterocycles. The molecule has 16 heavy (non-hydrogen) atoms. The van der Waals surface area contributed by atoms with Gasteiger partial charge in [-0.3, -0.25) is 4.79 Å². The quantitative estimate of drug-likeness (QED) is 0.786. The fraction of sp³-hybridized carbons (Fsp3) is 0.462. The zero-order valence-electron chi connectivity index (χ0n) is 9.12. The van der Waals surface area contributed by atoms with Crippen LogP contribution in [0.4, 0.5) is 4.39 Å². The molecule has 0 radical (unpaired) electrons. The molecular weight excluding hydrogens is 207 g/mol. The summed E-state index contributed by atoms with van der Waals surface area (Å²) in [4.78, 5) is 11.0. The second-order valence-electron chi connectivity index (χ2n) is 4.18. The van der Waals surface area contributed by atoms with E-state index in [9.17, 15) is 9.18 Å². The fourth-order valence-corrected chi connectivity index (χ4v) is 1.92. The van der Waals surface area contributed by atoms with E-state index < -0.39 is 0 Å². The van der Waals surface area contributed by atoms with Gasteiger partial charge < -0.3 is 4.74 Å². The molecule has 0 atom stereocenters. The first-order valence-electron chi connectivity index (χ1n) is 5.62. The van der Waals surface area contributed by atoms with E-state index >= 15 is 0 Å². The third-order valence-electron chi connectivity index (χ3n) is 2.87. The van der Waals surface area contributed by atoms with Crippen molar-refractivity contribution in [3.8, 4) is 0 Å². The normalized spacial score (nSPS) is 17.7. The molecule has 1 saturated carbocycles. The summed E-state index contributed by atoms with van der Waals surface area (Å²) < 4.78 is 18.5. The Morgan fingerprint density at radius 3 is 2.75 bits per heavy atom. The molecule has 1 aliphatic rings. The summed E-state index contributed by atoms with van der Waals surface area (Å²) in [5.74, 6) is 0.0885. The molecule has 0 spiro atoms. The number of rotatable bonds is 3. The predicted octanol–water partition coefficient (Wildman–Crippen LogP) is 2.85. The van der Waals surface area contributed by atoms with E-state index in [-0.39, 0.29) is 11.9 Å². The van der Waals surface area contributed by atoms with E-state index in [0.29, 0.717) is 25.2 Å². The Morgan fingerprint density at radius 2 is 2.06 bits per heavy atom. The van der Waals surface area contributed by atoms with Crippen LogP contribution in [0.1, 0.15) is 31.2 Å². The largest absolute Gasteiger partial charge is 0.374 e. The Balaban J connectivity index is 1.81. The first-order valence-corrected chi connectivity index (χ1v) is 5.62. The number of benzene rings is 1. The summed E-state index contributed by atoms with van der Waals surface area (Å²) in [5.41, 5.74) is 0.844. The van der Waals surface area contributed by atoms with Crippen molar-refractivity contribution in [2.75, 3.05) is 0 Å². The molecule has 0 unspecified atom stereocenters. The van der Waals surface area contributed by atoms with E-state index in [2.05, 4.69) is 0 Å². The summed E-state index contributed by atoms with van der Waals surface area (Å²) in [5, 5.41) is 0. The smallest absolute Gasteiger partial charge is 0.133 e. The number of Topliss-reactive ketones (excluding diaryl/α,β-unsaturated/α-hetero) is 1. The highest BCUT2D eigenvalue weighted by Gasteiger charge is 2.18. The van der Waals surface area contributed by atoms with Crippen LogP contribution >= 0.6 is 0 Å². The highest BCUT2D eigenvalue weighted by Crippen LogP contribution is 2.19. The van der Waals surface area contributed by atoms with Gasteiger partial charge in [0, 0.05) is 12.8 Å². The molecule has 0 saturated heterocycles. The Labute approximate surface area is 94.4 Å². The summed E-state index contributed by atoms with van der Waals surface area (Å²) in [7, 11) is 0. The van der Waals surface area contributed by atoms with Crippen LogP contribution in [-0.2, 0) is 16.1 Å². The van der Waals surface area contributed by atoms with Gasteiger partial charge in [-0.05, 0) is 30.5 Å². The van der Waals surface area contributed by atoms with Crippen LogP contribution in [0.15, 0.2) is 24.3 Å². The maximum absolute atomic E-state index is 12.9. The molecular formula is C13H15FO2. The minimum absolute atomic E-state index is 0.154.